The third-order valence-electron chi connectivity index (χ3n) is 8.50. The second kappa shape index (κ2) is 10.7. The number of nitrogens with zero attached hydrogens (tertiary/aromatic N) is 3. The summed E-state index contributed by atoms with van der Waals surface area (Å²) < 4.78 is 0. The van der Waals surface area contributed by atoms with Crippen molar-refractivity contribution in [2.75, 3.05) is 39.3 Å². The zero-order valence-electron chi connectivity index (χ0n) is 22.5. The maximum absolute atomic E-state index is 13.3. The highest BCUT2D eigenvalue weighted by Gasteiger charge is 2.42. The quantitative estimate of drug-likeness (QED) is 0.490. The summed E-state index contributed by atoms with van der Waals surface area (Å²) in [4.78, 5) is 32.9. The predicted octanol–water partition coefficient (Wildman–Crippen LogP) is 5.33. The smallest absolute Gasteiger partial charge is 0.222 e. The molecule has 0 N–H and O–H groups in total. The lowest BCUT2D eigenvalue weighted by atomic mass is 9.73. The molecule has 0 radical (unpaired) electrons. The normalized spacial score (nSPS) is 25.3. The molecular formula is C28H51N3O2. The molecule has 5 nitrogen and oxygen atoms in total. The van der Waals surface area contributed by atoms with E-state index in [1.807, 2.05) is 0 Å². The van der Waals surface area contributed by atoms with Crippen molar-refractivity contribution in [2.24, 2.45) is 16.7 Å². The van der Waals surface area contributed by atoms with Gasteiger partial charge in [0.15, 0.2) is 0 Å². The minimum Gasteiger partial charge on any atom is -0.342 e. The molecule has 3 aliphatic heterocycles. The highest BCUT2D eigenvalue weighted by atomic mass is 16.2. The van der Waals surface area contributed by atoms with Crippen molar-refractivity contribution in [3.63, 3.8) is 0 Å². The molecule has 33 heavy (non-hydrogen) atoms. The van der Waals surface area contributed by atoms with Crippen molar-refractivity contribution in [3.05, 3.63) is 0 Å². The van der Waals surface area contributed by atoms with Gasteiger partial charge in [0.25, 0.3) is 0 Å². The van der Waals surface area contributed by atoms with Crippen LogP contribution >= 0.6 is 0 Å². The first-order chi connectivity index (χ1) is 15.4. The first-order valence-corrected chi connectivity index (χ1v) is 13.7. The summed E-state index contributed by atoms with van der Waals surface area (Å²) in [5.74, 6) is 1.03. The average molecular weight is 462 g/mol. The van der Waals surface area contributed by atoms with E-state index in [0.29, 0.717) is 30.6 Å². The van der Waals surface area contributed by atoms with E-state index in [2.05, 4.69) is 56.2 Å². The van der Waals surface area contributed by atoms with Gasteiger partial charge in [-0.2, -0.15) is 0 Å². The Morgan fingerprint density at radius 1 is 0.818 bits per heavy atom. The van der Waals surface area contributed by atoms with E-state index in [1.165, 1.54) is 25.9 Å². The van der Waals surface area contributed by atoms with Crippen molar-refractivity contribution in [2.45, 2.75) is 111 Å². The molecule has 3 saturated heterocycles. The monoisotopic (exact) mass is 461 g/mol. The molecule has 3 aliphatic rings. The van der Waals surface area contributed by atoms with Gasteiger partial charge >= 0.3 is 0 Å². The largest absolute Gasteiger partial charge is 0.342 e. The number of carbonyl (C=O) groups is 2. The van der Waals surface area contributed by atoms with Gasteiger partial charge in [0.05, 0.1) is 0 Å². The third-order valence-corrected chi connectivity index (χ3v) is 8.50. The van der Waals surface area contributed by atoms with E-state index in [-0.39, 0.29) is 16.4 Å². The molecule has 2 amide bonds. The lowest BCUT2D eigenvalue weighted by molar-refractivity contribution is -0.140. The molecule has 0 aliphatic carbocycles. The molecular weight excluding hydrogens is 410 g/mol. The zero-order chi connectivity index (χ0) is 24.3. The van der Waals surface area contributed by atoms with Crippen LogP contribution in [0.2, 0.25) is 0 Å². The van der Waals surface area contributed by atoms with E-state index < -0.39 is 0 Å². The van der Waals surface area contributed by atoms with E-state index in [1.54, 1.807) is 0 Å². The van der Waals surface area contributed by atoms with Crippen LogP contribution < -0.4 is 0 Å². The molecule has 0 bridgehead atoms. The van der Waals surface area contributed by atoms with Crippen molar-refractivity contribution in [1.29, 1.82) is 0 Å². The van der Waals surface area contributed by atoms with Crippen LogP contribution in [0.4, 0.5) is 0 Å². The Morgan fingerprint density at radius 2 is 1.36 bits per heavy atom. The van der Waals surface area contributed by atoms with Crippen LogP contribution in [0.5, 0.6) is 0 Å². The second-order valence-electron chi connectivity index (χ2n) is 13.3. The summed E-state index contributed by atoms with van der Waals surface area (Å²) in [7, 11) is 0. The Morgan fingerprint density at radius 3 is 1.91 bits per heavy atom. The maximum Gasteiger partial charge on any atom is 0.222 e. The van der Waals surface area contributed by atoms with Crippen molar-refractivity contribution in [1.82, 2.24) is 14.7 Å². The highest BCUT2D eigenvalue weighted by molar-refractivity contribution is 5.77. The standard InChI is InChI=1S/C28H51N3O2/c1-23(2)19-25(33)30-16-10-13-28(22-30)12-9-15-29(21-28)24(32)11-14-26(3,4)20-27(5,6)31-17-7-8-18-31/h23H,7-22H2,1-6H3. The zero-order valence-corrected chi connectivity index (χ0v) is 22.5. The first-order valence-electron chi connectivity index (χ1n) is 13.7. The van der Waals surface area contributed by atoms with Crippen molar-refractivity contribution >= 4 is 11.8 Å². The minimum absolute atomic E-state index is 0.117. The van der Waals surface area contributed by atoms with Gasteiger partial charge in [-0.05, 0) is 89.6 Å². The fourth-order valence-electron chi connectivity index (χ4n) is 6.95. The number of rotatable bonds is 8. The van der Waals surface area contributed by atoms with Gasteiger partial charge in [0.2, 0.25) is 11.8 Å². The molecule has 3 rings (SSSR count). The summed E-state index contributed by atoms with van der Waals surface area (Å²) in [6, 6.07) is 0. The van der Waals surface area contributed by atoms with Crippen LogP contribution in [0.25, 0.3) is 0 Å². The van der Waals surface area contributed by atoms with E-state index in [9.17, 15) is 9.59 Å². The fourth-order valence-corrected chi connectivity index (χ4v) is 6.95. The van der Waals surface area contributed by atoms with Gasteiger partial charge in [0.1, 0.15) is 0 Å². The van der Waals surface area contributed by atoms with Crippen molar-refractivity contribution < 1.29 is 9.59 Å². The van der Waals surface area contributed by atoms with Crippen LogP contribution in [0.15, 0.2) is 0 Å². The van der Waals surface area contributed by atoms with E-state index >= 15 is 0 Å². The number of hydrogen-bond donors (Lipinski definition) is 0. The van der Waals surface area contributed by atoms with Gasteiger partial charge in [-0.25, -0.2) is 0 Å². The molecule has 0 aromatic carbocycles. The van der Waals surface area contributed by atoms with Gasteiger partial charge in [-0.15, -0.1) is 0 Å². The summed E-state index contributed by atoms with van der Waals surface area (Å²) in [6.45, 7) is 19.6. The van der Waals surface area contributed by atoms with Crippen LogP contribution in [0, 0.1) is 16.7 Å². The number of carbonyl (C=O) groups excluding carboxylic acids is 2. The molecule has 190 valence electrons. The Kier molecular flexibility index (Phi) is 8.56. The lowest BCUT2D eigenvalue weighted by Gasteiger charge is -2.48. The Bertz CT molecular complexity index is 677. The van der Waals surface area contributed by atoms with E-state index in [4.69, 9.17) is 0 Å². The van der Waals surface area contributed by atoms with Gasteiger partial charge in [0, 0.05) is 50.0 Å². The Balaban J connectivity index is 1.53. The third kappa shape index (κ3) is 7.19. The molecule has 0 aromatic rings. The lowest BCUT2D eigenvalue weighted by Crippen LogP contribution is -2.54. The molecule has 1 unspecified atom stereocenters. The number of piperidine rings is 2. The summed E-state index contributed by atoms with van der Waals surface area (Å²) >= 11 is 0. The highest BCUT2D eigenvalue weighted by Crippen LogP contribution is 2.40. The van der Waals surface area contributed by atoms with Crippen LogP contribution in [-0.4, -0.2) is 71.3 Å². The Labute approximate surface area is 203 Å². The molecule has 0 aromatic heterocycles. The molecule has 3 heterocycles. The summed E-state index contributed by atoms with van der Waals surface area (Å²) in [5.41, 5.74) is 0.471. The fraction of sp³-hybridized carbons (Fsp3) is 0.929. The maximum atomic E-state index is 13.3. The number of likely N-dealkylation sites (tertiary alicyclic amines) is 3. The molecule has 1 atom stereocenters. The van der Waals surface area contributed by atoms with Gasteiger partial charge < -0.3 is 9.80 Å². The summed E-state index contributed by atoms with van der Waals surface area (Å²) in [5, 5.41) is 0. The molecule has 5 heteroatoms. The van der Waals surface area contributed by atoms with Gasteiger partial charge in [-0.1, -0.05) is 27.7 Å². The average Bonchev–Trinajstić information content (AvgIpc) is 3.27. The van der Waals surface area contributed by atoms with Crippen LogP contribution in [0.3, 0.4) is 0 Å². The van der Waals surface area contributed by atoms with Crippen LogP contribution in [0.1, 0.15) is 106 Å². The number of amides is 2. The first kappa shape index (κ1) is 26.5. The molecule has 3 fully saturated rings. The summed E-state index contributed by atoms with van der Waals surface area (Å²) in [6.07, 6.45) is 10.5. The second-order valence-corrected chi connectivity index (χ2v) is 13.3. The van der Waals surface area contributed by atoms with Gasteiger partial charge in [-0.3, -0.25) is 14.5 Å². The number of hydrogen-bond acceptors (Lipinski definition) is 3. The van der Waals surface area contributed by atoms with E-state index in [0.717, 1.165) is 64.7 Å². The Hall–Kier alpha value is -1.10. The SMILES string of the molecule is CC(C)CC(=O)N1CCCC2(CCCN(C(=O)CCC(C)(C)CC(C)(C)N3CCCC3)C2)C1. The van der Waals surface area contributed by atoms with Crippen molar-refractivity contribution in [3.8, 4) is 0 Å². The molecule has 0 saturated carbocycles. The predicted molar refractivity (Wildman–Crippen MR) is 136 cm³/mol. The topological polar surface area (TPSA) is 43.9 Å². The van der Waals surface area contributed by atoms with Crippen LogP contribution in [-0.2, 0) is 9.59 Å². The molecule has 1 spiro atoms. The minimum atomic E-state index is 0.117.